The highest BCUT2D eigenvalue weighted by Crippen LogP contribution is 2.33. The average molecular weight is 363 g/mol. The molecule has 0 spiro atoms. The third-order valence-corrected chi connectivity index (χ3v) is 5.99. The highest BCUT2D eigenvalue weighted by Gasteiger charge is 2.20. The molecule has 142 valence electrons. The van der Waals surface area contributed by atoms with Gasteiger partial charge in [0.05, 0.1) is 0 Å². The smallest absolute Gasteiger partial charge is 0.131 e. The molecule has 1 saturated carbocycles. The first-order chi connectivity index (χ1) is 13.2. The third-order valence-electron chi connectivity index (χ3n) is 5.99. The highest BCUT2D eigenvalue weighted by atomic mass is 19.1. The molecule has 2 aromatic rings. The Hall–Kier alpha value is -2.15. The molecule has 27 heavy (non-hydrogen) atoms. The lowest BCUT2D eigenvalue weighted by atomic mass is 9.78. The first-order valence-electron chi connectivity index (χ1n) is 10.3. The van der Waals surface area contributed by atoms with E-state index in [2.05, 4.69) is 43.5 Å². The summed E-state index contributed by atoms with van der Waals surface area (Å²) in [6.45, 7) is 7.58. The Morgan fingerprint density at radius 2 is 1.52 bits per heavy atom. The molecule has 0 saturated heterocycles. The van der Waals surface area contributed by atoms with E-state index in [1.165, 1.54) is 44.1 Å². The average Bonchev–Trinajstić information content (AvgIpc) is 2.69. The number of halogens is 1. The molecule has 0 atom stereocenters. The maximum atomic E-state index is 14.4. The first-order valence-corrected chi connectivity index (χ1v) is 10.3. The lowest BCUT2D eigenvalue weighted by Crippen LogP contribution is -2.14. The fraction of sp³-hybridized carbons (Fsp3) is 0.385. The Labute approximate surface area is 163 Å². The minimum atomic E-state index is -0.154. The second kappa shape index (κ2) is 9.69. The second-order valence-electron chi connectivity index (χ2n) is 7.95. The molecule has 1 aliphatic carbocycles. The number of aryl methyl sites for hydroxylation is 1. The SMILES string of the molecule is C=CCc1ccc(-c2ccc(CCC3CCC(CC=C)CC3)cc2)c(F)c1. The number of benzene rings is 2. The van der Waals surface area contributed by atoms with E-state index >= 15 is 0 Å². The van der Waals surface area contributed by atoms with Gasteiger partial charge >= 0.3 is 0 Å². The van der Waals surface area contributed by atoms with Crippen molar-refractivity contribution in [3.8, 4) is 11.1 Å². The van der Waals surface area contributed by atoms with Crippen LogP contribution < -0.4 is 0 Å². The number of rotatable bonds is 8. The first kappa shape index (κ1) is 19.6. The summed E-state index contributed by atoms with van der Waals surface area (Å²) in [7, 11) is 0. The molecule has 2 aromatic carbocycles. The van der Waals surface area contributed by atoms with Gasteiger partial charge in [0.1, 0.15) is 5.82 Å². The molecule has 0 N–H and O–H groups in total. The Balaban J connectivity index is 1.55. The van der Waals surface area contributed by atoms with Crippen LogP contribution in [0.1, 0.15) is 49.7 Å². The summed E-state index contributed by atoms with van der Waals surface area (Å²) in [6.07, 6.45) is 13.6. The van der Waals surface area contributed by atoms with Crippen LogP contribution >= 0.6 is 0 Å². The van der Waals surface area contributed by atoms with E-state index in [0.29, 0.717) is 12.0 Å². The Bertz CT molecular complexity index is 748. The van der Waals surface area contributed by atoms with Crippen LogP contribution in [0.15, 0.2) is 67.8 Å². The highest BCUT2D eigenvalue weighted by molar-refractivity contribution is 5.64. The lowest BCUT2D eigenvalue weighted by Gasteiger charge is -2.27. The van der Waals surface area contributed by atoms with Gasteiger partial charge in [-0.2, -0.15) is 0 Å². The zero-order valence-electron chi connectivity index (χ0n) is 16.3. The molecule has 0 nitrogen and oxygen atoms in total. The minimum absolute atomic E-state index is 0.154. The summed E-state index contributed by atoms with van der Waals surface area (Å²) in [6, 6.07) is 13.9. The monoisotopic (exact) mass is 362 g/mol. The molecule has 0 radical (unpaired) electrons. The maximum absolute atomic E-state index is 14.4. The van der Waals surface area contributed by atoms with Gasteiger partial charge in [0.2, 0.25) is 0 Å². The third kappa shape index (κ3) is 5.42. The van der Waals surface area contributed by atoms with E-state index < -0.39 is 0 Å². The van der Waals surface area contributed by atoms with Crippen LogP contribution in [0, 0.1) is 17.7 Å². The summed E-state index contributed by atoms with van der Waals surface area (Å²) >= 11 is 0. The number of hydrogen-bond acceptors (Lipinski definition) is 0. The zero-order chi connectivity index (χ0) is 19.1. The van der Waals surface area contributed by atoms with Crippen molar-refractivity contribution in [3.63, 3.8) is 0 Å². The molecule has 0 heterocycles. The van der Waals surface area contributed by atoms with Crippen molar-refractivity contribution in [2.75, 3.05) is 0 Å². The van der Waals surface area contributed by atoms with E-state index in [0.717, 1.165) is 29.4 Å². The van der Waals surface area contributed by atoms with Gasteiger partial charge in [-0.3, -0.25) is 0 Å². The predicted molar refractivity (Wildman–Crippen MR) is 114 cm³/mol. The van der Waals surface area contributed by atoms with E-state index in [1.807, 2.05) is 12.1 Å². The van der Waals surface area contributed by atoms with Crippen LogP contribution in [0.4, 0.5) is 4.39 Å². The van der Waals surface area contributed by atoms with Crippen molar-refractivity contribution in [1.82, 2.24) is 0 Å². The molecule has 0 unspecified atom stereocenters. The molecule has 0 amide bonds. The lowest BCUT2D eigenvalue weighted by molar-refractivity contribution is 0.265. The maximum Gasteiger partial charge on any atom is 0.131 e. The van der Waals surface area contributed by atoms with Crippen molar-refractivity contribution in [2.45, 2.75) is 51.4 Å². The van der Waals surface area contributed by atoms with Crippen LogP contribution in [0.5, 0.6) is 0 Å². The molecular formula is C26H31F. The zero-order valence-corrected chi connectivity index (χ0v) is 16.3. The van der Waals surface area contributed by atoms with Crippen LogP contribution in [-0.2, 0) is 12.8 Å². The molecular weight excluding hydrogens is 331 g/mol. The van der Waals surface area contributed by atoms with Crippen LogP contribution in [0.25, 0.3) is 11.1 Å². The summed E-state index contributed by atoms with van der Waals surface area (Å²) < 4.78 is 14.4. The van der Waals surface area contributed by atoms with E-state index in [-0.39, 0.29) is 5.82 Å². The van der Waals surface area contributed by atoms with Crippen molar-refractivity contribution < 1.29 is 4.39 Å². The number of allylic oxidation sites excluding steroid dienone is 2. The van der Waals surface area contributed by atoms with E-state index in [4.69, 9.17) is 0 Å². The van der Waals surface area contributed by atoms with Crippen molar-refractivity contribution in [3.05, 3.63) is 84.7 Å². The van der Waals surface area contributed by atoms with Crippen LogP contribution in [-0.4, -0.2) is 0 Å². The van der Waals surface area contributed by atoms with Gasteiger partial charge in [-0.1, -0.05) is 61.4 Å². The normalized spacial score (nSPS) is 19.6. The van der Waals surface area contributed by atoms with Gasteiger partial charge in [0, 0.05) is 5.56 Å². The molecule has 0 aliphatic heterocycles. The predicted octanol–water partition coefficient (Wildman–Crippen LogP) is 7.54. The van der Waals surface area contributed by atoms with E-state index in [1.54, 1.807) is 12.1 Å². The van der Waals surface area contributed by atoms with Gasteiger partial charge in [-0.05, 0) is 73.1 Å². The molecule has 1 fully saturated rings. The fourth-order valence-electron chi connectivity index (χ4n) is 4.30. The molecule has 1 heteroatoms. The molecule has 0 aromatic heterocycles. The van der Waals surface area contributed by atoms with E-state index in [9.17, 15) is 4.39 Å². The van der Waals surface area contributed by atoms with Gasteiger partial charge in [0.25, 0.3) is 0 Å². The fourth-order valence-corrected chi connectivity index (χ4v) is 4.30. The van der Waals surface area contributed by atoms with Crippen molar-refractivity contribution in [2.24, 2.45) is 11.8 Å². The summed E-state index contributed by atoms with van der Waals surface area (Å²) in [4.78, 5) is 0. The minimum Gasteiger partial charge on any atom is -0.206 e. The summed E-state index contributed by atoms with van der Waals surface area (Å²) in [5, 5.41) is 0. The Morgan fingerprint density at radius 1 is 0.852 bits per heavy atom. The standard InChI is InChI=1S/C26H31F/c1-3-5-20-7-9-21(10-8-20)11-12-22-13-16-24(17-14-22)25-18-15-23(6-4-2)19-26(25)27/h3-4,13-21H,1-2,5-12H2. The van der Waals surface area contributed by atoms with Crippen molar-refractivity contribution >= 4 is 0 Å². The van der Waals surface area contributed by atoms with Crippen molar-refractivity contribution in [1.29, 1.82) is 0 Å². The quantitative estimate of drug-likeness (QED) is 0.426. The summed E-state index contributed by atoms with van der Waals surface area (Å²) in [5.41, 5.74) is 3.95. The van der Waals surface area contributed by atoms with Gasteiger partial charge in [-0.25, -0.2) is 4.39 Å². The second-order valence-corrected chi connectivity index (χ2v) is 7.95. The molecule has 0 bridgehead atoms. The molecule has 3 rings (SSSR count). The Kier molecular flexibility index (Phi) is 7.04. The topological polar surface area (TPSA) is 0 Å². The largest absolute Gasteiger partial charge is 0.206 e. The Morgan fingerprint density at radius 3 is 2.15 bits per heavy atom. The van der Waals surface area contributed by atoms with Gasteiger partial charge < -0.3 is 0 Å². The molecule has 1 aliphatic rings. The van der Waals surface area contributed by atoms with Gasteiger partial charge in [-0.15, -0.1) is 13.2 Å². The van der Waals surface area contributed by atoms with Crippen LogP contribution in [0.2, 0.25) is 0 Å². The summed E-state index contributed by atoms with van der Waals surface area (Å²) in [5.74, 6) is 1.57. The van der Waals surface area contributed by atoms with Crippen LogP contribution in [0.3, 0.4) is 0 Å². The van der Waals surface area contributed by atoms with Gasteiger partial charge in [0.15, 0.2) is 0 Å². The number of hydrogen-bond donors (Lipinski definition) is 0.